The molecule has 0 fully saturated rings. The maximum absolute atomic E-state index is 13.3. The smallest absolute Gasteiger partial charge is 0.261 e. The molecule has 0 saturated heterocycles. The van der Waals surface area contributed by atoms with Gasteiger partial charge in [0.15, 0.2) is 11.6 Å². The molecular formula is C22H20F2N2O4S. The number of carbonyl (C=O) groups is 1. The fourth-order valence-corrected chi connectivity index (χ4v) is 3.88. The van der Waals surface area contributed by atoms with Crippen molar-refractivity contribution in [1.29, 1.82) is 0 Å². The van der Waals surface area contributed by atoms with Crippen LogP contribution in [0.5, 0.6) is 5.75 Å². The summed E-state index contributed by atoms with van der Waals surface area (Å²) in [5.74, 6) is -2.51. The number of halogens is 2. The molecule has 1 amide bonds. The number of aryl methyl sites for hydroxylation is 1. The van der Waals surface area contributed by atoms with Gasteiger partial charge >= 0.3 is 0 Å². The minimum atomic E-state index is -4.11. The lowest BCUT2D eigenvalue weighted by molar-refractivity contribution is 0.0953. The number of rotatable bonds is 8. The van der Waals surface area contributed by atoms with Crippen LogP contribution in [0.4, 0.5) is 14.5 Å². The molecule has 0 spiro atoms. The predicted octanol–water partition coefficient (Wildman–Crippen LogP) is 3.83. The van der Waals surface area contributed by atoms with Crippen LogP contribution in [0.2, 0.25) is 0 Å². The molecule has 0 aliphatic rings. The van der Waals surface area contributed by atoms with Crippen molar-refractivity contribution in [3.63, 3.8) is 0 Å². The molecule has 0 saturated carbocycles. The van der Waals surface area contributed by atoms with Gasteiger partial charge in [-0.05, 0) is 73.0 Å². The Balaban J connectivity index is 1.53. The monoisotopic (exact) mass is 446 g/mol. The number of benzene rings is 3. The number of amides is 1. The van der Waals surface area contributed by atoms with Crippen molar-refractivity contribution >= 4 is 21.6 Å². The van der Waals surface area contributed by atoms with Gasteiger partial charge in [-0.2, -0.15) is 0 Å². The highest BCUT2D eigenvalue weighted by molar-refractivity contribution is 7.92. The van der Waals surface area contributed by atoms with E-state index in [2.05, 4.69) is 10.0 Å². The van der Waals surface area contributed by atoms with E-state index in [4.69, 9.17) is 0 Å². The lowest BCUT2D eigenvalue weighted by atomic mass is 10.1. The highest BCUT2D eigenvalue weighted by Gasteiger charge is 2.17. The molecule has 0 atom stereocenters. The molecule has 0 bridgehead atoms. The van der Waals surface area contributed by atoms with Crippen LogP contribution < -0.4 is 10.0 Å². The number of aromatic hydroxyl groups is 1. The van der Waals surface area contributed by atoms with E-state index in [0.717, 1.165) is 24.1 Å². The molecule has 3 aromatic carbocycles. The summed E-state index contributed by atoms with van der Waals surface area (Å²) in [6, 6.07) is 14.9. The molecule has 0 unspecified atom stereocenters. The number of sulfonamides is 1. The molecule has 0 aromatic heterocycles. The highest BCUT2D eigenvalue weighted by atomic mass is 32.2. The van der Waals surface area contributed by atoms with E-state index in [9.17, 15) is 27.1 Å². The number of carbonyl (C=O) groups excluding carboxylic acids is 1. The van der Waals surface area contributed by atoms with E-state index in [1.165, 1.54) is 24.3 Å². The third-order valence-corrected chi connectivity index (χ3v) is 5.84. The topological polar surface area (TPSA) is 95.5 Å². The zero-order valence-electron chi connectivity index (χ0n) is 16.3. The normalized spacial score (nSPS) is 11.2. The van der Waals surface area contributed by atoms with Crippen LogP contribution in [0, 0.1) is 11.6 Å². The molecule has 0 aliphatic heterocycles. The van der Waals surface area contributed by atoms with Gasteiger partial charge in [-0.15, -0.1) is 0 Å². The third kappa shape index (κ3) is 6.02. The van der Waals surface area contributed by atoms with Crippen LogP contribution in [0.1, 0.15) is 22.3 Å². The fourth-order valence-electron chi connectivity index (χ4n) is 2.81. The third-order valence-electron chi connectivity index (χ3n) is 4.46. The maximum Gasteiger partial charge on any atom is 0.261 e. The van der Waals surface area contributed by atoms with Crippen LogP contribution in [0.3, 0.4) is 0 Å². The van der Waals surface area contributed by atoms with Crippen LogP contribution in [-0.4, -0.2) is 26.0 Å². The predicted molar refractivity (Wildman–Crippen MR) is 112 cm³/mol. The van der Waals surface area contributed by atoms with Gasteiger partial charge in [0, 0.05) is 17.8 Å². The Morgan fingerprint density at radius 2 is 1.58 bits per heavy atom. The van der Waals surface area contributed by atoms with Gasteiger partial charge in [-0.25, -0.2) is 17.2 Å². The van der Waals surface area contributed by atoms with Gasteiger partial charge in [0.2, 0.25) is 0 Å². The fraction of sp³-hybridized carbons (Fsp3) is 0.136. The number of hydrogen-bond acceptors (Lipinski definition) is 4. The number of hydrogen-bond donors (Lipinski definition) is 3. The minimum Gasteiger partial charge on any atom is -0.508 e. The van der Waals surface area contributed by atoms with Gasteiger partial charge in [0.1, 0.15) is 5.75 Å². The van der Waals surface area contributed by atoms with E-state index < -0.39 is 26.6 Å². The zero-order chi connectivity index (χ0) is 22.4. The van der Waals surface area contributed by atoms with Crippen molar-refractivity contribution < 1.29 is 27.1 Å². The molecule has 3 N–H and O–H groups in total. The summed E-state index contributed by atoms with van der Waals surface area (Å²) in [6.45, 7) is 0.449. The van der Waals surface area contributed by atoms with Gasteiger partial charge in [0.25, 0.3) is 15.9 Å². The lowest BCUT2D eigenvalue weighted by Gasteiger charge is -2.10. The molecule has 6 nitrogen and oxygen atoms in total. The molecule has 162 valence electrons. The molecule has 0 radical (unpaired) electrons. The van der Waals surface area contributed by atoms with Crippen molar-refractivity contribution in [3.05, 3.63) is 89.5 Å². The summed E-state index contributed by atoms with van der Waals surface area (Å²) in [7, 11) is -4.11. The van der Waals surface area contributed by atoms with Gasteiger partial charge in [0.05, 0.1) is 4.90 Å². The second kappa shape index (κ2) is 9.57. The van der Waals surface area contributed by atoms with Crippen molar-refractivity contribution in [2.75, 3.05) is 11.3 Å². The summed E-state index contributed by atoms with van der Waals surface area (Å²) in [5, 5.41) is 12.0. The minimum absolute atomic E-state index is 0.175. The van der Waals surface area contributed by atoms with Crippen LogP contribution in [0.25, 0.3) is 0 Å². The summed E-state index contributed by atoms with van der Waals surface area (Å²) in [6.07, 6.45) is 1.45. The SMILES string of the molecule is O=C(NCCCc1ccc(O)cc1)c1ccc(NS(=O)(=O)c2ccc(F)c(F)c2)cc1. The Morgan fingerprint density at radius 3 is 2.23 bits per heavy atom. The number of nitrogens with one attached hydrogen (secondary N) is 2. The Labute approximate surface area is 178 Å². The molecule has 9 heteroatoms. The van der Waals surface area contributed by atoms with Crippen LogP contribution in [-0.2, 0) is 16.4 Å². The quantitative estimate of drug-likeness (QED) is 0.458. The average Bonchev–Trinajstić information content (AvgIpc) is 2.74. The Kier molecular flexibility index (Phi) is 6.86. The van der Waals surface area contributed by atoms with Crippen LogP contribution in [0.15, 0.2) is 71.6 Å². The van der Waals surface area contributed by atoms with Gasteiger partial charge < -0.3 is 10.4 Å². The number of phenols is 1. The maximum atomic E-state index is 13.3. The Hall–Kier alpha value is -3.46. The molecule has 0 heterocycles. The van der Waals surface area contributed by atoms with Crippen molar-refractivity contribution in [3.8, 4) is 5.75 Å². The second-order valence-corrected chi connectivity index (χ2v) is 8.47. The van der Waals surface area contributed by atoms with Crippen molar-refractivity contribution in [1.82, 2.24) is 5.32 Å². The lowest BCUT2D eigenvalue weighted by Crippen LogP contribution is -2.24. The van der Waals surface area contributed by atoms with Gasteiger partial charge in [-0.1, -0.05) is 12.1 Å². The zero-order valence-corrected chi connectivity index (χ0v) is 17.1. The molecule has 31 heavy (non-hydrogen) atoms. The van der Waals surface area contributed by atoms with E-state index in [0.29, 0.717) is 24.6 Å². The first-order valence-electron chi connectivity index (χ1n) is 9.39. The van der Waals surface area contributed by atoms with Crippen molar-refractivity contribution in [2.45, 2.75) is 17.7 Å². The van der Waals surface area contributed by atoms with Gasteiger partial charge in [-0.3, -0.25) is 9.52 Å². The van der Waals surface area contributed by atoms with E-state index in [-0.39, 0.29) is 17.3 Å². The number of phenolic OH excluding ortho intramolecular Hbond substituents is 1. The summed E-state index contributed by atoms with van der Waals surface area (Å²) >= 11 is 0. The van der Waals surface area contributed by atoms with Crippen molar-refractivity contribution in [2.24, 2.45) is 0 Å². The summed E-state index contributed by atoms with van der Waals surface area (Å²) in [5.41, 5.74) is 1.57. The molecule has 0 aliphatic carbocycles. The average molecular weight is 446 g/mol. The molecule has 3 aromatic rings. The highest BCUT2D eigenvalue weighted by Crippen LogP contribution is 2.19. The standard InChI is InChI=1S/C22H20F2N2O4S/c23-20-12-11-19(14-21(20)24)31(29,30)26-17-7-5-16(6-8-17)22(28)25-13-1-2-15-3-9-18(27)10-4-15/h3-12,14,26-27H,1-2,13H2,(H,25,28). The first kappa shape index (κ1) is 22.2. The van der Waals surface area contributed by atoms with E-state index >= 15 is 0 Å². The van der Waals surface area contributed by atoms with Crippen LogP contribution >= 0.6 is 0 Å². The van der Waals surface area contributed by atoms with E-state index in [1.807, 2.05) is 12.1 Å². The second-order valence-electron chi connectivity index (χ2n) is 6.78. The Morgan fingerprint density at radius 1 is 0.903 bits per heavy atom. The Bertz CT molecular complexity index is 1170. The summed E-state index contributed by atoms with van der Waals surface area (Å²) < 4.78 is 53.2. The summed E-state index contributed by atoms with van der Waals surface area (Å²) in [4.78, 5) is 11.8. The first-order chi connectivity index (χ1) is 14.7. The number of anilines is 1. The first-order valence-corrected chi connectivity index (χ1v) is 10.9. The van der Waals surface area contributed by atoms with E-state index in [1.54, 1.807) is 12.1 Å². The molecular weight excluding hydrogens is 426 g/mol. The molecule has 3 rings (SSSR count). The largest absolute Gasteiger partial charge is 0.508 e.